The van der Waals surface area contributed by atoms with Crippen molar-refractivity contribution in [2.45, 2.75) is 59.7 Å². The van der Waals surface area contributed by atoms with Crippen LogP contribution in [0.1, 0.15) is 43.9 Å². The van der Waals surface area contributed by atoms with Crippen molar-refractivity contribution in [1.82, 2.24) is 5.32 Å². The van der Waals surface area contributed by atoms with E-state index in [4.69, 9.17) is 9.47 Å². The molecule has 0 saturated carbocycles. The van der Waals surface area contributed by atoms with Gasteiger partial charge >= 0.3 is 0 Å². The van der Waals surface area contributed by atoms with Crippen LogP contribution in [0, 0.1) is 13.8 Å². The normalized spacial score (nSPS) is 11.9. The number of carbonyl (C=O) groups is 1. The first-order valence-corrected chi connectivity index (χ1v) is 9.62. The monoisotopic (exact) mass is 369 g/mol. The summed E-state index contributed by atoms with van der Waals surface area (Å²) in [4.78, 5) is 12.2. The molecular weight excluding hydrogens is 338 g/mol. The van der Waals surface area contributed by atoms with Crippen LogP contribution < -0.4 is 14.8 Å². The topological polar surface area (TPSA) is 47.6 Å². The molecule has 4 nitrogen and oxygen atoms in total. The number of rotatable bonds is 9. The average molecular weight is 370 g/mol. The van der Waals surface area contributed by atoms with E-state index in [2.05, 4.69) is 23.5 Å². The average Bonchev–Trinajstić information content (AvgIpc) is 2.57. The summed E-state index contributed by atoms with van der Waals surface area (Å²) in [5.41, 5.74) is 3.46. The van der Waals surface area contributed by atoms with Gasteiger partial charge in [-0.05, 0) is 88.4 Å². The molecule has 0 saturated heterocycles. The van der Waals surface area contributed by atoms with Crippen LogP contribution in [-0.2, 0) is 11.2 Å². The molecule has 27 heavy (non-hydrogen) atoms. The Balaban J connectivity index is 1.75. The van der Waals surface area contributed by atoms with Gasteiger partial charge in [-0.1, -0.05) is 18.2 Å². The Morgan fingerprint density at radius 1 is 0.963 bits per heavy atom. The Morgan fingerprint density at radius 2 is 1.67 bits per heavy atom. The number of hydrogen-bond donors (Lipinski definition) is 1. The van der Waals surface area contributed by atoms with Crippen LogP contribution in [0.3, 0.4) is 0 Å². The van der Waals surface area contributed by atoms with Gasteiger partial charge in [-0.2, -0.15) is 0 Å². The molecular formula is C23H31NO3. The Kier molecular flexibility index (Phi) is 7.71. The molecule has 146 valence electrons. The van der Waals surface area contributed by atoms with Crippen LogP contribution in [0.15, 0.2) is 42.5 Å². The summed E-state index contributed by atoms with van der Waals surface area (Å²) in [5, 5.41) is 2.95. The number of ether oxygens (including phenoxy) is 2. The van der Waals surface area contributed by atoms with Crippen molar-refractivity contribution in [1.29, 1.82) is 0 Å². The van der Waals surface area contributed by atoms with E-state index in [1.54, 1.807) is 6.92 Å². The molecule has 0 spiro atoms. The Hall–Kier alpha value is -2.49. The SMILES string of the molecule is Cc1cc(C)cc(O[C@@H](C)C(=O)NCCCc2cccc(OC(C)C)c2)c1. The van der Waals surface area contributed by atoms with E-state index in [0.717, 1.165) is 35.5 Å². The maximum absolute atomic E-state index is 12.2. The van der Waals surface area contributed by atoms with E-state index in [9.17, 15) is 4.79 Å². The first-order chi connectivity index (χ1) is 12.8. The van der Waals surface area contributed by atoms with Crippen molar-refractivity contribution in [2.75, 3.05) is 6.54 Å². The third kappa shape index (κ3) is 7.33. The van der Waals surface area contributed by atoms with Crippen molar-refractivity contribution in [3.05, 3.63) is 59.2 Å². The predicted octanol–water partition coefficient (Wildman–Crippen LogP) is 4.61. The van der Waals surface area contributed by atoms with Crippen LogP contribution >= 0.6 is 0 Å². The van der Waals surface area contributed by atoms with Gasteiger partial charge in [-0.25, -0.2) is 0 Å². The van der Waals surface area contributed by atoms with Crippen molar-refractivity contribution in [3.63, 3.8) is 0 Å². The smallest absolute Gasteiger partial charge is 0.260 e. The summed E-state index contributed by atoms with van der Waals surface area (Å²) < 4.78 is 11.5. The number of nitrogens with one attached hydrogen (secondary N) is 1. The van der Waals surface area contributed by atoms with Crippen molar-refractivity contribution in [3.8, 4) is 11.5 Å². The molecule has 1 amide bonds. The maximum atomic E-state index is 12.2. The van der Waals surface area contributed by atoms with Gasteiger partial charge < -0.3 is 14.8 Å². The van der Waals surface area contributed by atoms with E-state index in [0.29, 0.717) is 6.54 Å². The minimum absolute atomic E-state index is 0.0916. The summed E-state index contributed by atoms with van der Waals surface area (Å²) in [5.74, 6) is 1.53. The summed E-state index contributed by atoms with van der Waals surface area (Å²) in [6.45, 7) is 10.5. The summed E-state index contributed by atoms with van der Waals surface area (Å²) in [6, 6.07) is 14.1. The fourth-order valence-corrected chi connectivity index (χ4v) is 2.95. The van der Waals surface area contributed by atoms with E-state index in [-0.39, 0.29) is 12.0 Å². The number of aryl methyl sites for hydroxylation is 3. The van der Waals surface area contributed by atoms with Gasteiger partial charge in [0.2, 0.25) is 0 Å². The number of benzene rings is 2. The fourth-order valence-electron chi connectivity index (χ4n) is 2.95. The number of amides is 1. The van der Waals surface area contributed by atoms with E-state index in [1.807, 2.05) is 52.0 Å². The molecule has 0 unspecified atom stereocenters. The lowest BCUT2D eigenvalue weighted by Crippen LogP contribution is -2.37. The van der Waals surface area contributed by atoms with Gasteiger partial charge in [-0.15, -0.1) is 0 Å². The van der Waals surface area contributed by atoms with E-state index < -0.39 is 6.10 Å². The van der Waals surface area contributed by atoms with E-state index in [1.165, 1.54) is 5.56 Å². The third-order valence-electron chi connectivity index (χ3n) is 4.09. The zero-order chi connectivity index (χ0) is 19.8. The number of hydrogen-bond acceptors (Lipinski definition) is 3. The van der Waals surface area contributed by atoms with Gasteiger partial charge in [0, 0.05) is 6.54 Å². The first kappa shape index (κ1) is 20.8. The van der Waals surface area contributed by atoms with Crippen molar-refractivity contribution in [2.24, 2.45) is 0 Å². The van der Waals surface area contributed by atoms with Gasteiger partial charge in [0.05, 0.1) is 6.10 Å². The molecule has 0 aliphatic heterocycles. The van der Waals surface area contributed by atoms with Crippen LogP contribution in [-0.4, -0.2) is 24.7 Å². The van der Waals surface area contributed by atoms with Crippen molar-refractivity contribution >= 4 is 5.91 Å². The molecule has 0 aromatic heterocycles. The van der Waals surface area contributed by atoms with Gasteiger partial charge in [0.1, 0.15) is 11.5 Å². The second kappa shape index (κ2) is 10.0. The highest BCUT2D eigenvalue weighted by atomic mass is 16.5. The maximum Gasteiger partial charge on any atom is 0.260 e. The molecule has 0 aliphatic rings. The lowest BCUT2D eigenvalue weighted by atomic mass is 10.1. The highest BCUT2D eigenvalue weighted by molar-refractivity contribution is 5.80. The summed E-state index contributed by atoms with van der Waals surface area (Å²) in [6.07, 6.45) is 1.40. The molecule has 1 atom stereocenters. The first-order valence-electron chi connectivity index (χ1n) is 9.62. The minimum Gasteiger partial charge on any atom is -0.491 e. The Morgan fingerprint density at radius 3 is 2.33 bits per heavy atom. The molecule has 0 heterocycles. The van der Waals surface area contributed by atoms with Crippen LogP contribution in [0.4, 0.5) is 0 Å². The largest absolute Gasteiger partial charge is 0.491 e. The lowest BCUT2D eigenvalue weighted by molar-refractivity contribution is -0.127. The molecule has 4 heteroatoms. The van der Waals surface area contributed by atoms with E-state index >= 15 is 0 Å². The van der Waals surface area contributed by atoms with Gasteiger partial charge in [0.15, 0.2) is 6.10 Å². The minimum atomic E-state index is -0.519. The molecule has 2 aromatic rings. The second-order valence-corrected chi connectivity index (χ2v) is 7.29. The molecule has 0 radical (unpaired) electrons. The highest BCUT2D eigenvalue weighted by Crippen LogP contribution is 2.18. The molecule has 0 bridgehead atoms. The van der Waals surface area contributed by atoms with Crippen LogP contribution in [0.25, 0.3) is 0 Å². The summed E-state index contributed by atoms with van der Waals surface area (Å²) >= 11 is 0. The zero-order valence-corrected chi connectivity index (χ0v) is 17.0. The predicted molar refractivity (Wildman–Crippen MR) is 110 cm³/mol. The third-order valence-corrected chi connectivity index (χ3v) is 4.09. The number of carbonyl (C=O) groups excluding carboxylic acids is 1. The van der Waals surface area contributed by atoms with Crippen molar-refractivity contribution < 1.29 is 14.3 Å². The highest BCUT2D eigenvalue weighted by Gasteiger charge is 2.14. The standard InChI is InChI=1S/C23H31NO3/c1-16(2)26-21-10-6-8-20(15-21)9-7-11-24-23(25)19(5)27-22-13-17(3)12-18(4)14-22/h6,8,10,12-16,19H,7,9,11H2,1-5H3,(H,24,25)/t19-/m0/s1. The molecule has 2 rings (SSSR count). The van der Waals surface area contributed by atoms with Crippen LogP contribution in [0.5, 0.6) is 11.5 Å². The van der Waals surface area contributed by atoms with Crippen LogP contribution in [0.2, 0.25) is 0 Å². The zero-order valence-electron chi connectivity index (χ0n) is 17.0. The molecule has 2 aromatic carbocycles. The lowest BCUT2D eigenvalue weighted by Gasteiger charge is -2.16. The Bertz CT molecular complexity index is 735. The fraction of sp³-hybridized carbons (Fsp3) is 0.435. The molecule has 0 fully saturated rings. The molecule has 0 aliphatic carbocycles. The quantitative estimate of drug-likeness (QED) is 0.657. The Labute approximate surface area is 162 Å². The van der Waals surface area contributed by atoms with Gasteiger partial charge in [0.25, 0.3) is 5.91 Å². The summed E-state index contributed by atoms with van der Waals surface area (Å²) in [7, 11) is 0. The van der Waals surface area contributed by atoms with Gasteiger partial charge in [-0.3, -0.25) is 4.79 Å². The molecule has 1 N–H and O–H groups in total. The second-order valence-electron chi connectivity index (χ2n) is 7.29.